The first kappa shape index (κ1) is 19.5. The standard InChI is InChI=1S/C17H25F2N3O3/c1-10(2)6-15(17(24)25)22-16(23)11(3)7-12(20-22)4-5-21-8-13(18)14(19)9-21/h7,10,13-15H,4-6,8-9H2,1-3H3,(H,24,25)/t13-,14+,15-/m0/s1. The smallest absolute Gasteiger partial charge is 0.328 e. The quantitative estimate of drug-likeness (QED) is 0.805. The fourth-order valence-corrected chi connectivity index (χ4v) is 3.04. The van der Waals surface area contributed by atoms with Crippen LogP contribution < -0.4 is 5.56 Å². The molecule has 2 heterocycles. The molecule has 1 fully saturated rings. The van der Waals surface area contributed by atoms with E-state index in [-0.39, 0.29) is 19.0 Å². The van der Waals surface area contributed by atoms with Gasteiger partial charge in [0, 0.05) is 31.6 Å². The number of hydrogen-bond donors (Lipinski definition) is 1. The molecule has 6 nitrogen and oxygen atoms in total. The molecule has 0 aliphatic carbocycles. The lowest BCUT2D eigenvalue weighted by molar-refractivity contribution is -0.141. The maximum Gasteiger partial charge on any atom is 0.328 e. The van der Waals surface area contributed by atoms with Gasteiger partial charge in [-0.05, 0) is 25.3 Å². The molecule has 3 atom stereocenters. The maximum atomic E-state index is 13.2. The Bertz CT molecular complexity index is 668. The van der Waals surface area contributed by atoms with Crippen molar-refractivity contribution in [1.29, 1.82) is 0 Å². The Kier molecular flexibility index (Phi) is 6.26. The number of aromatic nitrogens is 2. The van der Waals surface area contributed by atoms with Gasteiger partial charge < -0.3 is 5.11 Å². The number of alkyl halides is 2. The molecule has 140 valence electrons. The summed E-state index contributed by atoms with van der Waals surface area (Å²) < 4.78 is 27.5. The molecule has 0 amide bonds. The Morgan fingerprint density at radius 3 is 2.48 bits per heavy atom. The zero-order chi connectivity index (χ0) is 18.7. The molecule has 1 saturated heterocycles. The SMILES string of the molecule is Cc1cc(CCN2C[C@@H](F)[C@@H](F)C2)nn([C@@H](CC(C)C)C(=O)O)c1=O. The second-order valence-corrected chi connectivity index (χ2v) is 7.09. The first-order valence-electron chi connectivity index (χ1n) is 8.51. The van der Waals surface area contributed by atoms with Gasteiger partial charge in [-0.3, -0.25) is 9.69 Å². The lowest BCUT2D eigenvalue weighted by atomic mass is 10.0. The third-order valence-electron chi connectivity index (χ3n) is 4.38. The van der Waals surface area contributed by atoms with Crippen LogP contribution in [-0.2, 0) is 11.2 Å². The number of hydrogen-bond acceptors (Lipinski definition) is 4. The summed E-state index contributed by atoms with van der Waals surface area (Å²) in [5, 5.41) is 13.7. The summed E-state index contributed by atoms with van der Waals surface area (Å²) in [5.74, 6) is -1.01. The Morgan fingerprint density at radius 1 is 1.36 bits per heavy atom. The van der Waals surface area contributed by atoms with Crippen molar-refractivity contribution >= 4 is 5.97 Å². The number of aliphatic carboxylic acids is 1. The van der Waals surface area contributed by atoms with Gasteiger partial charge in [-0.1, -0.05) is 13.8 Å². The Hall–Kier alpha value is -1.83. The molecule has 0 aromatic carbocycles. The molecule has 8 heteroatoms. The zero-order valence-electron chi connectivity index (χ0n) is 14.8. The van der Waals surface area contributed by atoms with E-state index in [0.717, 1.165) is 4.68 Å². The molecular formula is C17H25F2N3O3. The van der Waals surface area contributed by atoms with Crippen LogP contribution >= 0.6 is 0 Å². The first-order valence-corrected chi connectivity index (χ1v) is 8.51. The topological polar surface area (TPSA) is 75.4 Å². The number of carboxylic acids is 1. The van der Waals surface area contributed by atoms with Crippen molar-refractivity contribution in [3.8, 4) is 0 Å². The highest BCUT2D eigenvalue weighted by Gasteiger charge is 2.32. The van der Waals surface area contributed by atoms with Crippen LogP contribution in [0.15, 0.2) is 10.9 Å². The lowest BCUT2D eigenvalue weighted by Crippen LogP contribution is -2.35. The summed E-state index contributed by atoms with van der Waals surface area (Å²) in [5.41, 5.74) is 0.531. The number of nitrogens with zero attached hydrogens (tertiary/aromatic N) is 3. The van der Waals surface area contributed by atoms with E-state index in [9.17, 15) is 23.5 Å². The van der Waals surface area contributed by atoms with E-state index >= 15 is 0 Å². The van der Waals surface area contributed by atoms with Gasteiger partial charge in [0.05, 0.1) is 5.69 Å². The minimum Gasteiger partial charge on any atom is -0.480 e. The van der Waals surface area contributed by atoms with Gasteiger partial charge in [-0.2, -0.15) is 5.10 Å². The van der Waals surface area contributed by atoms with Crippen LogP contribution in [0.5, 0.6) is 0 Å². The highest BCUT2D eigenvalue weighted by Crippen LogP contribution is 2.18. The summed E-state index contributed by atoms with van der Waals surface area (Å²) in [6.07, 6.45) is -2.24. The van der Waals surface area contributed by atoms with Crippen molar-refractivity contribution in [3.05, 3.63) is 27.7 Å². The Balaban J connectivity index is 2.19. The van der Waals surface area contributed by atoms with Crippen molar-refractivity contribution in [3.63, 3.8) is 0 Å². The fraction of sp³-hybridized carbons (Fsp3) is 0.706. The minimum atomic E-state index is -1.47. The molecule has 0 radical (unpaired) electrons. The molecule has 0 spiro atoms. The van der Waals surface area contributed by atoms with Crippen molar-refractivity contribution in [2.45, 2.75) is 52.0 Å². The number of carbonyl (C=O) groups is 1. The highest BCUT2D eigenvalue weighted by atomic mass is 19.2. The second-order valence-electron chi connectivity index (χ2n) is 7.09. The second kappa shape index (κ2) is 8.03. The molecule has 1 aromatic rings. The monoisotopic (exact) mass is 357 g/mol. The summed E-state index contributed by atoms with van der Waals surface area (Å²) in [6, 6.07) is 0.589. The van der Waals surface area contributed by atoms with Crippen LogP contribution in [0.25, 0.3) is 0 Å². The van der Waals surface area contributed by atoms with E-state index < -0.39 is 29.9 Å². The van der Waals surface area contributed by atoms with Crippen molar-refractivity contribution in [2.24, 2.45) is 5.92 Å². The summed E-state index contributed by atoms with van der Waals surface area (Å²) >= 11 is 0. The molecular weight excluding hydrogens is 332 g/mol. The van der Waals surface area contributed by atoms with Crippen LogP contribution in [0.4, 0.5) is 8.78 Å². The highest BCUT2D eigenvalue weighted by molar-refractivity contribution is 5.71. The molecule has 1 aliphatic rings. The molecule has 0 unspecified atom stereocenters. The number of carboxylic acid groups (broad SMARTS) is 1. The number of aryl methyl sites for hydroxylation is 1. The van der Waals surface area contributed by atoms with E-state index in [1.807, 2.05) is 13.8 Å². The van der Waals surface area contributed by atoms with E-state index in [2.05, 4.69) is 5.10 Å². The van der Waals surface area contributed by atoms with Gasteiger partial charge in [-0.15, -0.1) is 0 Å². The maximum absolute atomic E-state index is 13.2. The Morgan fingerprint density at radius 2 is 1.96 bits per heavy atom. The van der Waals surface area contributed by atoms with Crippen LogP contribution in [-0.4, -0.2) is 57.7 Å². The van der Waals surface area contributed by atoms with E-state index in [1.165, 1.54) is 0 Å². The Labute approximate surface area is 145 Å². The lowest BCUT2D eigenvalue weighted by Gasteiger charge is -2.19. The van der Waals surface area contributed by atoms with Crippen molar-refractivity contribution in [2.75, 3.05) is 19.6 Å². The summed E-state index contributed by atoms with van der Waals surface area (Å²) in [6.45, 7) is 5.88. The average molecular weight is 357 g/mol. The van der Waals surface area contributed by atoms with E-state index in [4.69, 9.17) is 0 Å². The predicted octanol–water partition coefficient (Wildman–Crippen LogP) is 1.76. The number of halogens is 2. The van der Waals surface area contributed by atoms with Crippen LogP contribution in [0.3, 0.4) is 0 Å². The average Bonchev–Trinajstić information content (AvgIpc) is 2.84. The van der Waals surface area contributed by atoms with Gasteiger partial charge in [0.1, 0.15) is 12.3 Å². The van der Waals surface area contributed by atoms with Gasteiger partial charge in [0.25, 0.3) is 5.56 Å². The van der Waals surface area contributed by atoms with E-state index in [1.54, 1.807) is 17.9 Å². The molecule has 1 N–H and O–H groups in total. The largest absolute Gasteiger partial charge is 0.480 e. The van der Waals surface area contributed by atoms with Crippen LogP contribution in [0.2, 0.25) is 0 Å². The number of likely N-dealkylation sites (tertiary alicyclic amines) is 1. The van der Waals surface area contributed by atoms with Crippen LogP contribution in [0.1, 0.15) is 37.6 Å². The summed E-state index contributed by atoms with van der Waals surface area (Å²) in [4.78, 5) is 25.6. The van der Waals surface area contributed by atoms with Gasteiger partial charge in [0.15, 0.2) is 6.04 Å². The summed E-state index contributed by atoms with van der Waals surface area (Å²) in [7, 11) is 0. The molecule has 1 aliphatic heterocycles. The third-order valence-corrected chi connectivity index (χ3v) is 4.38. The third kappa shape index (κ3) is 4.84. The van der Waals surface area contributed by atoms with Gasteiger partial charge >= 0.3 is 5.97 Å². The predicted molar refractivity (Wildman–Crippen MR) is 89.3 cm³/mol. The van der Waals surface area contributed by atoms with Crippen molar-refractivity contribution < 1.29 is 18.7 Å². The normalized spacial score (nSPS) is 22.5. The minimum absolute atomic E-state index is 0.0465. The van der Waals surface area contributed by atoms with Gasteiger partial charge in [-0.25, -0.2) is 18.3 Å². The molecule has 25 heavy (non-hydrogen) atoms. The number of rotatable bonds is 7. The molecule has 2 rings (SSSR count). The first-order chi connectivity index (χ1) is 11.7. The molecule has 0 saturated carbocycles. The zero-order valence-corrected chi connectivity index (χ0v) is 14.8. The van der Waals surface area contributed by atoms with Gasteiger partial charge in [0.2, 0.25) is 0 Å². The van der Waals surface area contributed by atoms with Crippen molar-refractivity contribution in [1.82, 2.24) is 14.7 Å². The van der Waals surface area contributed by atoms with E-state index in [0.29, 0.717) is 30.6 Å². The fourth-order valence-electron chi connectivity index (χ4n) is 3.04. The molecule has 1 aromatic heterocycles. The van der Waals surface area contributed by atoms with Crippen LogP contribution in [0, 0.1) is 12.8 Å². The molecule has 0 bridgehead atoms.